The molecule has 0 radical (unpaired) electrons. The van der Waals surface area contributed by atoms with Gasteiger partial charge in [-0.2, -0.15) is 0 Å². The van der Waals surface area contributed by atoms with Crippen LogP contribution in [0.4, 0.5) is 0 Å². The first kappa shape index (κ1) is 29.8. The van der Waals surface area contributed by atoms with Gasteiger partial charge in [-0.25, -0.2) is 9.78 Å². The first-order valence-electron chi connectivity index (χ1n) is 14.2. The molecule has 1 saturated heterocycles. The minimum atomic E-state index is -0.867. The Hall–Kier alpha value is -4.20. The van der Waals surface area contributed by atoms with Crippen molar-refractivity contribution in [3.63, 3.8) is 0 Å². The summed E-state index contributed by atoms with van der Waals surface area (Å²) in [4.78, 5) is 42.5. The van der Waals surface area contributed by atoms with Crippen LogP contribution in [0.2, 0.25) is 0 Å². The topological polar surface area (TPSA) is 104 Å². The van der Waals surface area contributed by atoms with E-state index in [-0.39, 0.29) is 29.2 Å². The molecule has 1 aliphatic rings. The summed E-state index contributed by atoms with van der Waals surface area (Å²) in [5.41, 5.74) is 2.37. The fraction of sp³-hybridized carbons (Fsp3) is 0.394. The number of aryl methyl sites for hydroxylation is 1. The normalized spacial score (nSPS) is 21.0. The predicted octanol–water partition coefficient (Wildman–Crippen LogP) is 5.34. The number of carbonyl (C=O) groups excluding carboxylic acids is 3. The van der Waals surface area contributed by atoms with E-state index in [1.54, 1.807) is 0 Å². The molecule has 1 aromatic heterocycles. The van der Waals surface area contributed by atoms with Crippen LogP contribution in [0.15, 0.2) is 72.9 Å². The molecule has 1 N–H and O–H groups in total. The molecule has 216 valence electrons. The molecular weight excluding hydrogens is 520 g/mol. The summed E-state index contributed by atoms with van der Waals surface area (Å²) in [6.45, 7) is 3.18. The standard InChI is InChI=1S/C33H38N2O6/c1-22-27(18-17-24-11-6-4-7-12-24)26(21-25-13-8-5-9-14-25)15-10-16-28(33(38)40-22)35-32(37)30-31(41-23(2)36)29(39-3)19-20-34-30/h4-9,11-14,19-20,22,26-28H,10,15-18,21H2,1-3H3,(H,35,37)/t22-,26+,27-,28-/m0/s1. The second-order valence-electron chi connectivity index (χ2n) is 10.5. The van der Waals surface area contributed by atoms with Crippen molar-refractivity contribution in [3.8, 4) is 11.5 Å². The van der Waals surface area contributed by atoms with Crippen molar-refractivity contribution >= 4 is 17.8 Å². The first-order chi connectivity index (χ1) is 19.9. The number of hydrogen-bond acceptors (Lipinski definition) is 7. The lowest BCUT2D eigenvalue weighted by Crippen LogP contribution is -2.43. The highest BCUT2D eigenvalue weighted by molar-refractivity contribution is 5.98. The van der Waals surface area contributed by atoms with E-state index in [1.807, 2.05) is 31.2 Å². The van der Waals surface area contributed by atoms with Crippen LogP contribution in [0.25, 0.3) is 0 Å². The number of methoxy groups -OCH3 is 1. The summed E-state index contributed by atoms with van der Waals surface area (Å²) < 4.78 is 16.5. The number of amides is 1. The summed E-state index contributed by atoms with van der Waals surface area (Å²) in [6.07, 6.45) is 5.73. The van der Waals surface area contributed by atoms with Gasteiger partial charge < -0.3 is 19.5 Å². The Labute approximate surface area is 241 Å². The number of esters is 2. The fourth-order valence-corrected chi connectivity index (χ4v) is 5.62. The molecule has 1 aliphatic heterocycles. The van der Waals surface area contributed by atoms with Crippen LogP contribution >= 0.6 is 0 Å². The Morgan fingerprint density at radius 2 is 1.68 bits per heavy atom. The largest absolute Gasteiger partial charge is 0.493 e. The van der Waals surface area contributed by atoms with E-state index < -0.39 is 23.9 Å². The molecule has 0 unspecified atom stereocenters. The number of nitrogens with one attached hydrogen (secondary N) is 1. The van der Waals surface area contributed by atoms with Crippen molar-refractivity contribution in [2.45, 2.75) is 64.5 Å². The Morgan fingerprint density at radius 1 is 1.00 bits per heavy atom. The van der Waals surface area contributed by atoms with Gasteiger partial charge in [-0.05, 0) is 62.0 Å². The van der Waals surface area contributed by atoms with Crippen molar-refractivity contribution in [1.82, 2.24) is 10.3 Å². The van der Waals surface area contributed by atoms with E-state index >= 15 is 0 Å². The van der Waals surface area contributed by atoms with Gasteiger partial charge in [-0.3, -0.25) is 9.59 Å². The Balaban J connectivity index is 1.54. The van der Waals surface area contributed by atoms with Gasteiger partial charge in [0.25, 0.3) is 5.91 Å². The molecule has 0 spiro atoms. The van der Waals surface area contributed by atoms with E-state index in [0.29, 0.717) is 12.3 Å². The molecule has 8 heteroatoms. The van der Waals surface area contributed by atoms with E-state index in [9.17, 15) is 14.4 Å². The molecule has 3 aromatic rings. The first-order valence-corrected chi connectivity index (χ1v) is 14.2. The Morgan fingerprint density at radius 3 is 2.34 bits per heavy atom. The Kier molecular flexibility index (Phi) is 10.5. The van der Waals surface area contributed by atoms with Gasteiger partial charge in [-0.15, -0.1) is 0 Å². The van der Waals surface area contributed by atoms with Crippen LogP contribution in [0.5, 0.6) is 11.5 Å². The second kappa shape index (κ2) is 14.4. The van der Waals surface area contributed by atoms with Crippen LogP contribution in [0, 0.1) is 11.8 Å². The number of rotatable bonds is 9. The monoisotopic (exact) mass is 558 g/mol. The lowest BCUT2D eigenvalue weighted by molar-refractivity contribution is -0.154. The highest BCUT2D eigenvalue weighted by Gasteiger charge is 2.35. The van der Waals surface area contributed by atoms with Crippen LogP contribution in [0.3, 0.4) is 0 Å². The van der Waals surface area contributed by atoms with E-state index in [2.05, 4.69) is 46.7 Å². The summed E-state index contributed by atoms with van der Waals surface area (Å²) in [6, 6.07) is 21.4. The maximum Gasteiger partial charge on any atom is 0.328 e. The molecule has 2 heterocycles. The van der Waals surface area contributed by atoms with Crippen molar-refractivity contribution in [2.24, 2.45) is 11.8 Å². The molecule has 0 aliphatic carbocycles. The summed E-state index contributed by atoms with van der Waals surface area (Å²) in [5, 5.41) is 2.78. The average molecular weight is 559 g/mol. The van der Waals surface area contributed by atoms with Gasteiger partial charge >= 0.3 is 11.9 Å². The quantitative estimate of drug-likeness (QED) is 0.354. The number of benzene rings is 2. The molecule has 1 fully saturated rings. The van der Waals surface area contributed by atoms with Crippen LogP contribution < -0.4 is 14.8 Å². The van der Waals surface area contributed by atoms with Crippen molar-refractivity contribution in [1.29, 1.82) is 0 Å². The zero-order valence-electron chi connectivity index (χ0n) is 23.9. The van der Waals surface area contributed by atoms with Gasteiger partial charge in [0, 0.05) is 19.2 Å². The highest BCUT2D eigenvalue weighted by atomic mass is 16.6. The number of nitrogens with zero attached hydrogens (tertiary/aromatic N) is 1. The lowest BCUT2D eigenvalue weighted by atomic mass is 9.77. The molecule has 1 amide bonds. The van der Waals surface area contributed by atoms with Crippen molar-refractivity contribution in [3.05, 3.63) is 89.7 Å². The number of carbonyl (C=O) groups is 3. The van der Waals surface area contributed by atoms with Crippen molar-refractivity contribution < 1.29 is 28.6 Å². The van der Waals surface area contributed by atoms with Gasteiger partial charge in [0.05, 0.1) is 7.11 Å². The molecule has 4 atom stereocenters. The Bertz CT molecular complexity index is 1310. The van der Waals surface area contributed by atoms with E-state index in [0.717, 1.165) is 32.1 Å². The zero-order chi connectivity index (χ0) is 29.2. The summed E-state index contributed by atoms with van der Waals surface area (Å²) >= 11 is 0. The SMILES string of the molecule is COc1ccnc(C(=O)N[C@H]2CCC[C@H](Cc3ccccc3)[C@@H](CCc3ccccc3)[C@H](C)OC2=O)c1OC(C)=O. The van der Waals surface area contributed by atoms with Gasteiger partial charge in [-0.1, -0.05) is 67.1 Å². The predicted molar refractivity (Wildman–Crippen MR) is 155 cm³/mol. The third-order valence-electron chi connectivity index (χ3n) is 7.67. The summed E-state index contributed by atoms with van der Waals surface area (Å²) in [7, 11) is 1.40. The molecular formula is C33H38N2O6. The van der Waals surface area contributed by atoms with Crippen LogP contribution in [-0.2, 0) is 27.2 Å². The van der Waals surface area contributed by atoms with Gasteiger partial charge in [0.15, 0.2) is 11.4 Å². The zero-order valence-corrected chi connectivity index (χ0v) is 23.9. The number of pyridine rings is 1. The maximum atomic E-state index is 13.4. The molecule has 41 heavy (non-hydrogen) atoms. The van der Waals surface area contributed by atoms with Crippen LogP contribution in [0.1, 0.15) is 61.1 Å². The third-order valence-corrected chi connectivity index (χ3v) is 7.67. The average Bonchev–Trinajstić information content (AvgIpc) is 3.01. The number of ether oxygens (including phenoxy) is 3. The number of hydrogen-bond donors (Lipinski definition) is 1. The number of cyclic esters (lactones) is 1. The van der Waals surface area contributed by atoms with E-state index in [1.165, 1.54) is 37.4 Å². The van der Waals surface area contributed by atoms with Gasteiger partial charge in [0.2, 0.25) is 5.75 Å². The molecule has 8 nitrogen and oxygen atoms in total. The fourth-order valence-electron chi connectivity index (χ4n) is 5.62. The maximum absolute atomic E-state index is 13.4. The highest BCUT2D eigenvalue weighted by Crippen LogP contribution is 2.34. The summed E-state index contributed by atoms with van der Waals surface area (Å²) in [5.74, 6) is -1.20. The number of aromatic nitrogens is 1. The minimum absolute atomic E-state index is 0.0892. The lowest BCUT2D eigenvalue weighted by Gasteiger charge is -2.31. The second-order valence-corrected chi connectivity index (χ2v) is 10.5. The molecule has 4 rings (SSSR count). The third kappa shape index (κ3) is 8.16. The van der Waals surface area contributed by atoms with Crippen LogP contribution in [-0.4, -0.2) is 42.1 Å². The molecule has 0 bridgehead atoms. The van der Waals surface area contributed by atoms with Crippen molar-refractivity contribution in [2.75, 3.05) is 7.11 Å². The smallest absolute Gasteiger partial charge is 0.328 e. The molecule has 2 aromatic carbocycles. The molecule has 0 saturated carbocycles. The van der Waals surface area contributed by atoms with Gasteiger partial charge in [0.1, 0.15) is 12.1 Å². The minimum Gasteiger partial charge on any atom is -0.493 e. The van der Waals surface area contributed by atoms with E-state index in [4.69, 9.17) is 14.2 Å².